The average molecular weight is 616 g/mol. The summed E-state index contributed by atoms with van der Waals surface area (Å²) in [5.74, 6) is -0.421. The Bertz CT molecular complexity index is 1480. The second-order valence-corrected chi connectivity index (χ2v) is 11.4. The Labute approximate surface area is 252 Å². The van der Waals surface area contributed by atoms with E-state index < -0.39 is 40.2 Å². The fourth-order valence-electron chi connectivity index (χ4n) is 4.27. The van der Waals surface area contributed by atoms with Crippen molar-refractivity contribution in [2.24, 2.45) is 0 Å². The lowest BCUT2D eigenvalue weighted by atomic mass is 10.1. The van der Waals surface area contributed by atoms with Crippen molar-refractivity contribution in [3.8, 4) is 17.2 Å². The van der Waals surface area contributed by atoms with Crippen LogP contribution in [-0.2, 0) is 26.2 Å². The third-order valence-electron chi connectivity index (χ3n) is 6.64. The van der Waals surface area contributed by atoms with E-state index in [1.54, 1.807) is 19.1 Å². The van der Waals surface area contributed by atoms with Crippen molar-refractivity contribution in [2.45, 2.75) is 44.7 Å². The van der Waals surface area contributed by atoms with Gasteiger partial charge in [-0.1, -0.05) is 19.1 Å². The molecule has 3 aromatic rings. The zero-order valence-electron chi connectivity index (χ0n) is 25.0. The Morgan fingerprint density at radius 2 is 1.58 bits per heavy atom. The second kappa shape index (κ2) is 15.2. The normalized spacial score (nSPS) is 11.8. The fraction of sp³-hybridized carbons (Fsp3) is 0.355. The number of amides is 2. The lowest BCUT2D eigenvalue weighted by Crippen LogP contribution is -2.51. The minimum atomic E-state index is -4.34. The number of anilines is 1. The summed E-state index contributed by atoms with van der Waals surface area (Å²) < 4.78 is 58.9. The van der Waals surface area contributed by atoms with Crippen molar-refractivity contribution in [1.82, 2.24) is 10.2 Å². The Morgan fingerprint density at radius 1 is 0.930 bits per heavy atom. The zero-order valence-corrected chi connectivity index (χ0v) is 25.8. The van der Waals surface area contributed by atoms with Gasteiger partial charge in [-0.15, -0.1) is 0 Å². The number of nitrogens with one attached hydrogen (secondary N) is 1. The van der Waals surface area contributed by atoms with Crippen LogP contribution in [0.5, 0.6) is 17.2 Å². The first kappa shape index (κ1) is 33.2. The Morgan fingerprint density at radius 3 is 2.16 bits per heavy atom. The molecule has 0 aliphatic heterocycles. The van der Waals surface area contributed by atoms with E-state index in [1.807, 2.05) is 13.8 Å². The van der Waals surface area contributed by atoms with Crippen LogP contribution >= 0.6 is 0 Å². The van der Waals surface area contributed by atoms with Gasteiger partial charge in [0.2, 0.25) is 11.8 Å². The molecule has 3 rings (SSSR count). The largest absolute Gasteiger partial charge is 0.494 e. The summed E-state index contributed by atoms with van der Waals surface area (Å²) in [5.41, 5.74) is 0.775. The minimum absolute atomic E-state index is 0.0483. The lowest BCUT2D eigenvalue weighted by molar-refractivity contribution is -0.139. The van der Waals surface area contributed by atoms with Crippen LogP contribution in [0, 0.1) is 5.82 Å². The van der Waals surface area contributed by atoms with Crippen molar-refractivity contribution in [2.75, 3.05) is 38.2 Å². The molecule has 0 saturated heterocycles. The van der Waals surface area contributed by atoms with Crippen LogP contribution in [0.3, 0.4) is 0 Å². The first-order valence-corrected chi connectivity index (χ1v) is 15.3. The average Bonchev–Trinajstić information content (AvgIpc) is 3.01. The summed E-state index contributed by atoms with van der Waals surface area (Å²) in [6.07, 6.45) is 0.694. The van der Waals surface area contributed by atoms with Crippen LogP contribution < -0.4 is 23.8 Å². The summed E-state index contributed by atoms with van der Waals surface area (Å²) in [7, 11) is -1.52. The molecule has 0 bridgehead atoms. The molecule has 1 atom stereocenters. The van der Waals surface area contributed by atoms with E-state index >= 15 is 0 Å². The molecule has 43 heavy (non-hydrogen) atoms. The smallest absolute Gasteiger partial charge is 0.264 e. The molecule has 10 nitrogen and oxygen atoms in total. The van der Waals surface area contributed by atoms with Crippen molar-refractivity contribution >= 4 is 27.5 Å². The van der Waals surface area contributed by atoms with Gasteiger partial charge < -0.3 is 24.4 Å². The molecule has 0 heterocycles. The molecule has 0 spiro atoms. The number of carbonyl (C=O) groups excluding carboxylic acids is 2. The summed E-state index contributed by atoms with van der Waals surface area (Å²) >= 11 is 0. The highest BCUT2D eigenvalue weighted by atomic mass is 32.2. The molecule has 0 saturated carbocycles. The van der Waals surface area contributed by atoms with Crippen molar-refractivity contribution in [3.63, 3.8) is 0 Å². The number of methoxy groups -OCH3 is 2. The van der Waals surface area contributed by atoms with Gasteiger partial charge >= 0.3 is 0 Å². The van der Waals surface area contributed by atoms with Crippen molar-refractivity contribution in [1.29, 1.82) is 0 Å². The molecule has 12 heteroatoms. The molecule has 0 aliphatic rings. The van der Waals surface area contributed by atoms with Gasteiger partial charge in [-0.05, 0) is 74.4 Å². The topological polar surface area (TPSA) is 114 Å². The van der Waals surface area contributed by atoms with Crippen LogP contribution in [0.1, 0.15) is 32.8 Å². The first-order valence-electron chi connectivity index (χ1n) is 13.8. The van der Waals surface area contributed by atoms with E-state index in [4.69, 9.17) is 14.2 Å². The number of halogens is 1. The molecule has 3 aromatic carbocycles. The van der Waals surface area contributed by atoms with Crippen LogP contribution in [0.25, 0.3) is 0 Å². The van der Waals surface area contributed by atoms with E-state index in [0.717, 1.165) is 4.31 Å². The summed E-state index contributed by atoms with van der Waals surface area (Å²) in [6, 6.07) is 15.0. The van der Waals surface area contributed by atoms with E-state index in [-0.39, 0.29) is 22.9 Å². The third-order valence-corrected chi connectivity index (χ3v) is 8.41. The maximum atomic E-state index is 14.1. The molecule has 0 aliphatic carbocycles. The highest BCUT2D eigenvalue weighted by Gasteiger charge is 2.33. The number of ether oxygens (including phenoxy) is 3. The number of hydrogen-bond donors (Lipinski definition) is 1. The summed E-state index contributed by atoms with van der Waals surface area (Å²) in [5, 5.41) is 2.78. The monoisotopic (exact) mass is 615 g/mol. The second-order valence-electron chi connectivity index (χ2n) is 9.57. The summed E-state index contributed by atoms with van der Waals surface area (Å²) in [4.78, 5) is 28.1. The van der Waals surface area contributed by atoms with Gasteiger partial charge in [0, 0.05) is 19.2 Å². The van der Waals surface area contributed by atoms with Crippen LogP contribution in [-0.4, -0.2) is 65.1 Å². The van der Waals surface area contributed by atoms with Crippen molar-refractivity contribution < 1.29 is 36.6 Å². The molecule has 0 aromatic heterocycles. The maximum absolute atomic E-state index is 14.1. The van der Waals surface area contributed by atoms with E-state index in [0.29, 0.717) is 36.6 Å². The molecule has 1 N–H and O–H groups in total. The molecule has 0 radical (unpaired) electrons. The van der Waals surface area contributed by atoms with E-state index in [2.05, 4.69) is 5.32 Å². The van der Waals surface area contributed by atoms with Crippen molar-refractivity contribution in [3.05, 3.63) is 78.1 Å². The van der Waals surface area contributed by atoms with Gasteiger partial charge in [-0.25, -0.2) is 12.8 Å². The summed E-state index contributed by atoms with van der Waals surface area (Å²) in [6.45, 7) is 5.45. The molecule has 0 fully saturated rings. The first-order chi connectivity index (χ1) is 20.5. The van der Waals surface area contributed by atoms with Gasteiger partial charge in [0.15, 0.2) is 11.5 Å². The van der Waals surface area contributed by atoms with Gasteiger partial charge in [-0.2, -0.15) is 0 Å². The highest BCUT2D eigenvalue weighted by Crippen LogP contribution is 2.33. The van der Waals surface area contributed by atoms with Crippen LogP contribution in [0.15, 0.2) is 71.6 Å². The van der Waals surface area contributed by atoms with Gasteiger partial charge in [0.1, 0.15) is 24.2 Å². The Kier molecular flexibility index (Phi) is 11.8. The number of hydrogen-bond acceptors (Lipinski definition) is 7. The predicted molar refractivity (Wildman–Crippen MR) is 161 cm³/mol. The fourth-order valence-corrected chi connectivity index (χ4v) is 5.70. The standard InChI is InChI=1S/C31H38FN3O7S/c1-6-18-33-31(37)22(3)34(20-23-8-10-24(32)11-9-23)30(36)21-35(25-12-14-26(15-13-25)42-7-2)43(38,39)27-16-17-28(40-4)29(19-27)41-5/h8-17,19,22H,6-7,18,20-21H2,1-5H3,(H,33,37). The number of rotatable bonds is 15. The predicted octanol–water partition coefficient (Wildman–Crippen LogP) is 4.38. The van der Waals surface area contributed by atoms with Gasteiger partial charge in [0.05, 0.1) is 31.4 Å². The van der Waals surface area contributed by atoms with E-state index in [1.165, 1.54) is 73.7 Å². The highest BCUT2D eigenvalue weighted by molar-refractivity contribution is 7.92. The minimum Gasteiger partial charge on any atom is -0.494 e. The van der Waals surface area contributed by atoms with Gasteiger partial charge in [-0.3, -0.25) is 13.9 Å². The zero-order chi connectivity index (χ0) is 31.6. The Hall–Kier alpha value is -4.32. The van der Waals surface area contributed by atoms with Crippen LogP contribution in [0.2, 0.25) is 0 Å². The third kappa shape index (κ3) is 8.38. The number of sulfonamides is 1. The van der Waals surface area contributed by atoms with Gasteiger partial charge in [0.25, 0.3) is 10.0 Å². The lowest BCUT2D eigenvalue weighted by Gasteiger charge is -2.32. The number of benzene rings is 3. The van der Waals surface area contributed by atoms with E-state index in [9.17, 15) is 22.4 Å². The molecule has 232 valence electrons. The maximum Gasteiger partial charge on any atom is 0.264 e. The SMILES string of the molecule is CCCNC(=O)C(C)N(Cc1ccc(F)cc1)C(=O)CN(c1ccc(OCC)cc1)S(=O)(=O)c1ccc(OC)c(OC)c1. The molecule has 1 unspecified atom stereocenters. The van der Waals surface area contributed by atoms with Crippen LogP contribution in [0.4, 0.5) is 10.1 Å². The Balaban J connectivity index is 2.07. The molecule has 2 amide bonds. The number of carbonyl (C=O) groups is 2. The molecular formula is C31H38FN3O7S. The molecular weight excluding hydrogens is 577 g/mol. The quantitative estimate of drug-likeness (QED) is 0.270. The number of nitrogens with zero attached hydrogens (tertiary/aromatic N) is 2.